The van der Waals surface area contributed by atoms with Crippen molar-refractivity contribution in [1.29, 1.82) is 0 Å². The van der Waals surface area contributed by atoms with Crippen LogP contribution in [0.15, 0.2) is 18.5 Å². The topological polar surface area (TPSA) is 68.0 Å². The van der Waals surface area contributed by atoms with Crippen LogP contribution in [0.3, 0.4) is 0 Å². The first-order valence-corrected chi connectivity index (χ1v) is 5.05. The lowest BCUT2D eigenvalue weighted by Crippen LogP contribution is -2.19. The van der Waals surface area contributed by atoms with E-state index in [1.54, 1.807) is 12.4 Å². The van der Waals surface area contributed by atoms with Gasteiger partial charge >= 0.3 is 0 Å². The molecule has 1 aromatic heterocycles. The van der Waals surface area contributed by atoms with E-state index in [4.69, 9.17) is 5.73 Å². The summed E-state index contributed by atoms with van der Waals surface area (Å²) in [6.45, 7) is 3.82. The van der Waals surface area contributed by atoms with Crippen LogP contribution in [-0.4, -0.2) is 16.9 Å². The van der Waals surface area contributed by atoms with Crippen molar-refractivity contribution in [3.8, 4) is 0 Å². The standard InChI is InChI=1S/C11H17N3O/c1-8-5-6-13-7-10(8)14-11(15)4-3-9(2)12/h5-7,9H,3-4,12H2,1-2H3,(H,14,15). The molecule has 1 rings (SSSR count). The van der Waals surface area contributed by atoms with Crippen molar-refractivity contribution in [3.63, 3.8) is 0 Å². The van der Waals surface area contributed by atoms with Gasteiger partial charge in [0.05, 0.1) is 11.9 Å². The summed E-state index contributed by atoms with van der Waals surface area (Å²) < 4.78 is 0. The van der Waals surface area contributed by atoms with Crippen LogP contribution in [-0.2, 0) is 4.79 Å². The van der Waals surface area contributed by atoms with E-state index in [1.165, 1.54) is 0 Å². The zero-order valence-electron chi connectivity index (χ0n) is 9.16. The number of pyridine rings is 1. The Balaban J connectivity index is 2.48. The highest BCUT2D eigenvalue weighted by Crippen LogP contribution is 2.11. The fraction of sp³-hybridized carbons (Fsp3) is 0.455. The predicted octanol–water partition coefficient (Wildman–Crippen LogP) is 1.46. The lowest BCUT2D eigenvalue weighted by atomic mass is 10.2. The van der Waals surface area contributed by atoms with Crippen LogP contribution < -0.4 is 11.1 Å². The van der Waals surface area contributed by atoms with Gasteiger partial charge in [-0.3, -0.25) is 9.78 Å². The minimum atomic E-state index is -0.0107. The van der Waals surface area contributed by atoms with E-state index in [0.717, 1.165) is 11.3 Å². The molecule has 4 nitrogen and oxygen atoms in total. The summed E-state index contributed by atoms with van der Waals surface area (Å²) in [6.07, 6.45) is 4.50. The SMILES string of the molecule is Cc1ccncc1NC(=O)CCC(C)N. The van der Waals surface area contributed by atoms with Crippen molar-refractivity contribution in [1.82, 2.24) is 4.98 Å². The molecule has 15 heavy (non-hydrogen) atoms. The Morgan fingerprint density at radius 2 is 2.40 bits per heavy atom. The summed E-state index contributed by atoms with van der Waals surface area (Å²) in [5, 5.41) is 2.81. The number of nitrogens with one attached hydrogen (secondary N) is 1. The first-order chi connectivity index (χ1) is 7.09. The van der Waals surface area contributed by atoms with Gasteiger partial charge in [0, 0.05) is 18.7 Å². The van der Waals surface area contributed by atoms with Crippen LogP contribution in [0, 0.1) is 6.92 Å². The minimum absolute atomic E-state index is 0.0107. The van der Waals surface area contributed by atoms with E-state index in [0.29, 0.717) is 12.8 Å². The van der Waals surface area contributed by atoms with Crippen LogP contribution in [0.5, 0.6) is 0 Å². The maximum Gasteiger partial charge on any atom is 0.224 e. The van der Waals surface area contributed by atoms with Crippen molar-refractivity contribution >= 4 is 11.6 Å². The quantitative estimate of drug-likeness (QED) is 0.785. The first kappa shape index (κ1) is 11.7. The van der Waals surface area contributed by atoms with Crippen LogP contribution in [0.2, 0.25) is 0 Å². The lowest BCUT2D eigenvalue weighted by molar-refractivity contribution is -0.116. The maximum absolute atomic E-state index is 11.5. The number of hydrogen-bond donors (Lipinski definition) is 2. The highest BCUT2D eigenvalue weighted by Gasteiger charge is 2.05. The molecule has 0 saturated carbocycles. The number of aryl methyl sites for hydroxylation is 1. The van der Waals surface area contributed by atoms with Crippen molar-refractivity contribution in [2.45, 2.75) is 32.7 Å². The monoisotopic (exact) mass is 207 g/mol. The lowest BCUT2D eigenvalue weighted by Gasteiger charge is -2.08. The number of amides is 1. The molecule has 1 amide bonds. The van der Waals surface area contributed by atoms with Gasteiger partial charge in [-0.2, -0.15) is 0 Å². The molecule has 0 bridgehead atoms. The molecule has 0 fully saturated rings. The molecule has 1 aromatic rings. The largest absolute Gasteiger partial charge is 0.328 e. The summed E-state index contributed by atoms with van der Waals surface area (Å²) in [5.74, 6) is -0.0107. The second-order valence-electron chi connectivity index (χ2n) is 3.75. The molecule has 0 saturated heterocycles. The summed E-state index contributed by atoms with van der Waals surface area (Å²) in [4.78, 5) is 15.4. The first-order valence-electron chi connectivity index (χ1n) is 5.05. The number of aromatic nitrogens is 1. The molecule has 0 aliphatic heterocycles. The molecular formula is C11H17N3O. The average molecular weight is 207 g/mol. The molecule has 0 spiro atoms. The fourth-order valence-corrected chi connectivity index (χ4v) is 1.17. The third-order valence-electron chi connectivity index (χ3n) is 2.14. The van der Waals surface area contributed by atoms with Crippen LogP contribution >= 0.6 is 0 Å². The molecule has 1 atom stereocenters. The normalized spacial score (nSPS) is 12.2. The van der Waals surface area contributed by atoms with Gasteiger partial charge in [0.15, 0.2) is 0 Å². The number of carbonyl (C=O) groups excluding carboxylic acids is 1. The van der Waals surface area contributed by atoms with Crippen molar-refractivity contribution in [2.24, 2.45) is 5.73 Å². The number of nitrogens with zero attached hydrogens (tertiary/aromatic N) is 1. The number of carbonyl (C=O) groups is 1. The Kier molecular flexibility index (Phi) is 4.24. The second kappa shape index (κ2) is 5.46. The molecule has 82 valence electrons. The van der Waals surface area contributed by atoms with E-state index in [-0.39, 0.29) is 11.9 Å². The van der Waals surface area contributed by atoms with Gasteiger partial charge < -0.3 is 11.1 Å². The molecule has 1 heterocycles. The van der Waals surface area contributed by atoms with Gasteiger partial charge in [-0.15, -0.1) is 0 Å². The van der Waals surface area contributed by atoms with E-state index < -0.39 is 0 Å². The van der Waals surface area contributed by atoms with E-state index in [1.807, 2.05) is 19.9 Å². The Bertz CT molecular complexity index is 336. The summed E-state index contributed by atoms with van der Waals surface area (Å²) in [6, 6.07) is 1.92. The Hall–Kier alpha value is -1.42. The van der Waals surface area contributed by atoms with E-state index in [2.05, 4.69) is 10.3 Å². The molecular weight excluding hydrogens is 190 g/mol. The van der Waals surface area contributed by atoms with Gasteiger partial charge in [-0.25, -0.2) is 0 Å². The Morgan fingerprint density at radius 1 is 1.67 bits per heavy atom. The predicted molar refractivity (Wildman–Crippen MR) is 60.5 cm³/mol. The van der Waals surface area contributed by atoms with Crippen molar-refractivity contribution in [3.05, 3.63) is 24.0 Å². The van der Waals surface area contributed by atoms with Gasteiger partial charge in [0.25, 0.3) is 0 Å². The number of hydrogen-bond acceptors (Lipinski definition) is 3. The van der Waals surface area contributed by atoms with E-state index >= 15 is 0 Å². The van der Waals surface area contributed by atoms with Crippen LogP contribution in [0.25, 0.3) is 0 Å². The molecule has 0 aliphatic rings. The van der Waals surface area contributed by atoms with Crippen LogP contribution in [0.4, 0.5) is 5.69 Å². The maximum atomic E-state index is 11.5. The van der Waals surface area contributed by atoms with Gasteiger partial charge in [0.2, 0.25) is 5.91 Å². The smallest absolute Gasteiger partial charge is 0.224 e. The molecule has 4 heteroatoms. The third kappa shape index (κ3) is 4.08. The minimum Gasteiger partial charge on any atom is -0.328 e. The summed E-state index contributed by atoms with van der Waals surface area (Å²) >= 11 is 0. The van der Waals surface area contributed by atoms with E-state index in [9.17, 15) is 4.79 Å². The Labute approximate surface area is 89.9 Å². The summed E-state index contributed by atoms with van der Waals surface area (Å²) in [7, 11) is 0. The number of anilines is 1. The summed E-state index contributed by atoms with van der Waals surface area (Å²) in [5.41, 5.74) is 7.36. The molecule has 1 unspecified atom stereocenters. The molecule has 0 aliphatic carbocycles. The van der Waals surface area contributed by atoms with Crippen molar-refractivity contribution in [2.75, 3.05) is 5.32 Å². The highest BCUT2D eigenvalue weighted by atomic mass is 16.1. The highest BCUT2D eigenvalue weighted by molar-refractivity contribution is 5.91. The average Bonchev–Trinajstić information content (AvgIpc) is 2.18. The number of nitrogens with two attached hydrogens (primary N) is 1. The zero-order chi connectivity index (χ0) is 11.3. The van der Waals surface area contributed by atoms with Gasteiger partial charge in [0.1, 0.15) is 0 Å². The second-order valence-corrected chi connectivity index (χ2v) is 3.75. The van der Waals surface area contributed by atoms with Crippen LogP contribution in [0.1, 0.15) is 25.3 Å². The van der Waals surface area contributed by atoms with Crippen molar-refractivity contribution < 1.29 is 4.79 Å². The van der Waals surface area contributed by atoms with Gasteiger partial charge in [-0.05, 0) is 31.9 Å². The van der Waals surface area contributed by atoms with Gasteiger partial charge in [-0.1, -0.05) is 0 Å². The molecule has 0 aromatic carbocycles. The zero-order valence-corrected chi connectivity index (χ0v) is 9.16. The third-order valence-corrected chi connectivity index (χ3v) is 2.14. The molecule has 3 N–H and O–H groups in total. The number of rotatable bonds is 4. The Morgan fingerprint density at radius 3 is 3.00 bits per heavy atom. The molecule has 0 radical (unpaired) electrons. The fourth-order valence-electron chi connectivity index (χ4n) is 1.17.